The number of methoxy groups -OCH3 is 1. The molecule has 10 heteroatoms. The predicted octanol–water partition coefficient (Wildman–Crippen LogP) is 3.57. The number of carbonyl (C=O) groups excluding carboxylic acids is 2. The van der Waals surface area contributed by atoms with Gasteiger partial charge < -0.3 is 10.1 Å². The van der Waals surface area contributed by atoms with Crippen molar-refractivity contribution in [3.63, 3.8) is 0 Å². The standard InChI is InChI=1S/C20H16N4O5S/c1-29-20(26)14-2-6-15(7-3-14)21-18(25)12-30-19-11-10-17(22-23-19)13-4-8-16(9-5-13)24(27)28/h2-11H,12H2,1H3,(H,21,25). The van der Waals surface area contributed by atoms with E-state index in [9.17, 15) is 19.7 Å². The monoisotopic (exact) mass is 424 g/mol. The van der Waals surface area contributed by atoms with Gasteiger partial charge in [-0.1, -0.05) is 11.8 Å². The van der Waals surface area contributed by atoms with Crippen LogP contribution in [-0.2, 0) is 9.53 Å². The van der Waals surface area contributed by atoms with Crippen LogP contribution in [0.4, 0.5) is 11.4 Å². The van der Waals surface area contributed by atoms with Crippen LogP contribution in [0.25, 0.3) is 11.3 Å². The lowest BCUT2D eigenvalue weighted by molar-refractivity contribution is -0.384. The van der Waals surface area contributed by atoms with E-state index in [0.717, 1.165) is 0 Å². The van der Waals surface area contributed by atoms with E-state index in [2.05, 4.69) is 20.3 Å². The van der Waals surface area contributed by atoms with Crippen LogP contribution in [0.2, 0.25) is 0 Å². The molecule has 30 heavy (non-hydrogen) atoms. The molecule has 2 aromatic carbocycles. The van der Waals surface area contributed by atoms with Gasteiger partial charge in [0.05, 0.1) is 29.0 Å². The Labute approximate surface area is 175 Å². The molecule has 0 fully saturated rings. The van der Waals surface area contributed by atoms with Crippen LogP contribution in [0.3, 0.4) is 0 Å². The summed E-state index contributed by atoms with van der Waals surface area (Å²) in [5.41, 5.74) is 2.24. The third kappa shape index (κ3) is 5.39. The zero-order valence-corrected chi connectivity index (χ0v) is 16.6. The molecule has 0 atom stereocenters. The van der Waals surface area contributed by atoms with Crippen molar-refractivity contribution in [3.8, 4) is 11.3 Å². The van der Waals surface area contributed by atoms with Crippen molar-refractivity contribution in [3.05, 3.63) is 76.3 Å². The first-order valence-corrected chi connectivity index (χ1v) is 9.64. The number of thioether (sulfide) groups is 1. The second-order valence-electron chi connectivity index (χ2n) is 5.97. The summed E-state index contributed by atoms with van der Waals surface area (Å²) in [6.45, 7) is 0. The Morgan fingerprint density at radius 2 is 1.73 bits per heavy atom. The molecule has 1 aromatic heterocycles. The summed E-state index contributed by atoms with van der Waals surface area (Å²) >= 11 is 1.22. The minimum absolute atomic E-state index is 0.00448. The highest BCUT2D eigenvalue weighted by atomic mass is 32.2. The number of nitrogens with zero attached hydrogens (tertiary/aromatic N) is 3. The number of aromatic nitrogens is 2. The van der Waals surface area contributed by atoms with Crippen LogP contribution < -0.4 is 5.32 Å². The van der Waals surface area contributed by atoms with Crippen LogP contribution in [0.1, 0.15) is 10.4 Å². The molecule has 152 valence electrons. The Balaban J connectivity index is 1.53. The number of esters is 1. The summed E-state index contributed by atoms with van der Waals surface area (Å²) in [5, 5.41) is 22.2. The van der Waals surface area contributed by atoms with E-state index in [1.54, 1.807) is 48.5 Å². The molecule has 9 nitrogen and oxygen atoms in total. The number of hydrogen-bond acceptors (Lipinski definition) is 8. The third-order valence-corrected chi connectivity index (χ3v) is 4.87. The van der Waals surface area contributed by atoms with Gasteiger partial charge in [0.2, 0.25) is 5.91 Å². The maximum absolute atomic E-state index is 12.1. The summed E-state index contributed by atoms with van der Waals surface area (Å²) in [6, 6.07) is 15.9. The summed E-state index contributed by atoms with van der Waals surface area (Å²) < 4.78 is 4.63. The molecule has 0 aliphatic rings. The number of hydrogen-bond donors (Lipinski definition) is 1. The molecule has 0 radical (unpaired) electrons. The highest BCUT2D eigenvalue weighted by Crippen LogP contribution is 2.22. The molecule has 0 saturated heterocycles. The first-order chi connectivity index (χ1) is 14.5. The van der Waals surface area contributed by atoms with Gasteiger partial charge in [0.25, 0.3) is 5.69 Å². The van der Waals surface area contributed by atoms with Gasteiger partial charge in [-0.3, -0.25) is 14.9 Å². The first kappa shape index (κ1) is 20.9. The van der Waals surface area contributed by atoms with Crippen LogP contribution in [-0.4, -0.2) is 39.9 Å². The van der Waals surface area contributed by atoms with Crippen molar-refractivity contribution in [1.82, 2.24) is 10.2 Å². The van der Waals surface area contributed by atoms with Gasteiger partial charge >= 0.3 is 5.97 Å². The summed E-state index contributed by atoms with van der Waals surface area (Å²) in [7, 11) is 1.30. The second kappa shape index (κ2) is 9.61. The minimum Gasteiger partial charge on any atom is -0.465 e. The molecule has 3 aromatic rings. The van der Waals surface area contributed by atoms with Crippen molar-refractivity contribution >= 4 is 35.0 Å². The Bertz CT molecular complexity index is 1050. The van der Waals surface area contributed by atoms with E-state index in [0.29, 0.717) is 27.5 Å². The predicted molar refractivity (Wildman–Crippen MR) is 111 cm³/mol. The first-order valence-electron chi connectivity index (χ1n) is 8.66. The molecular formula is C20H16N4O5S. The number of nitro groups is 1. The lowest BCUT2D eigenvalue weighted by Gasteiger charge is -2.06. The van der Waals surface area contributed by atoms with Gasteiger partial charge in [-0.15, -0.1) is 10.2 Å². The number of non-ortho nitro benzene ring substituents is 1. The van der Waals surface area contributed by atoms with Gasteiger partial charge in [0.1, 0.15) is 5.03 Å². The lowest BCUT2D eigenvalue weighted by atomic mass is 10.1. The number of nitro benzene ring substituents is 1. The average molecular weight is 424 g/mol. The number of ether oxygens (including phenoxy) is 1. The van der Waals surface area contributed by atoms with E-state index in [1.165, 1.54) is 31.0 Å². The summed E-state index contributed by atoms with van der Waals surface area (Å²) in [6.07, 6.45) is 0. The van der Waals surface area contributed by atoms with Crippen molar-refractivity contribution in [1.29, 1.82) is 0 Å². The van der Waals surface area contributed by atoms with E-state index >= 15 is 0 Å². The zero-order chi connectivity index (χ0) is 21.5. The van der Waals surface area contributed by atoms with Crippen LogP contribution >= 0.6 is 11.8 Å². The van der Waals surface area contributed by atoms with Crippen LogP contribution in [0.5, 0.6) is 0 Å². The number of amides is 1. The zero-order valence-electron chi connectivity index (χ0n) is 15.8. The van der Waals surface area contributed by atoms with E-state index in [1.807, 2.05) is 0 Å². The number of anilines is 1. The Morgan fingerprint density at radius 1 is 1.03 bits per heavy atom. The van der Waals surface area contributed by atoms with E-state index in [4.69, 9.17) is 0 Å². The quantitative estimate of drug-likeness (QED) is 0.264. The van der Waals surface area contributed by atoms with Gasteiger partial charge in [0, 0.05) is 23.4 Å². The highest BCUT2D eigenvalue weighted by Gasteiger charge is 2.09. The van der Waals surface area contributed by atoms with Crippen molar-refractivity contribution in [2.24, 2.45) is 0 Å². The number of benzene rings is 2. The molecule has 0 saturated carbocycles. The lowest BCUT2D eigenvalue weighted by Crippen LogP contribution is -2.14. The summed E-state index contributed by atoms with van der Waals surface area (Å²) in [5.74, 6) is -0.545. The number of rotatable bonds is 7. The fourth-order valence-corrected chi connectivity index (χ4v) is 3.06. The van der Waals surface area contributed by atoms with Gasteiger partial charge in [-0.25, -0.2) is 4.79 Å². The smallest absolute Gasteiger partial charge is 0.337 e. The molecule has 0 spiro atoms. The largest absolute Gasteiger partial charge is 0.465 e. The van der Waals surface area contributed by atoms with Crippen LogP contribution in [0.15, 0.2) is 65.7 Å². The maximum Gasteiger partial charge on any atom is 0.337 e. The molecule has 0 aliphatic heterocycles. The van der Waals surface area contributed by atoms with Crippen molar-refractivity contribution < 1.29 is 19.2 Å². The topological polar surface area (TPSA) is 124 Å². The van der Waals surface area contributed by atoms with E-state index in [-0.39, 0.29) is 17.3 Å². The molecule has 1 heterocycles. The van der Waals surface area contributed by atoms with Crippen LogP contribution in [0, 0.1) is 10.1 Å². The molecule has 1 amide bonds. The fourth-order valence-electron chi connectivity index (χ4n) is 2.45. The van der Waals surface area contributed by atoms with Gasteiger partial charge in [-0.05, 0) is 48.5 Å². The van der Waals surface area contributed by atoms with E-state index < -0.39 is 10.9 Å². The minimum atomic E-state index is -0.465. The van der Waals surface area contributed by atoms with Crippen molar-refractivity contribution in [2.45, 2.75) is 5.03 Å². The van der Waals surface area contributed by atoms with Gasteiger partial charge in [0.15, 0.2) is 0 Å². The maximum atomic E-state index is 12.1. The molecule has 3 rings (SSSR count). The SMILES string of the molecule is COC(=O)c1ccc(NC(=O)CSc2ccc(-c3ccc([N+](=O)[O-])cc3)nn2)cc1. The number of carbonyl (C=O) groups is 2. The molecule has 1 N–H and O–H groups in total. The number of nitrogens with one attached hydrogen (secondary N) is 1. The highest BCUT2D eigenvalue weighted by molar-refractivity contribution is 7.99. The van der Waals surface area contributed by atoms with Crippen molar-refractivity contribution in [2.75, 3.05) is 18.2 Å². The Morgan fingerprint density at radius 3 is 2.30 bits per heavy atom. The summed E-state index contributed by atoms with van der Waals surface area (Å²) in [4.78, 5) is 33.8. The molecule has 0 aliphatic carbocycles. The second-order valence-corrected chi connectivity index (χ2v) is 6.96. The Hall–Kier alpha value is -3.79. The van der Waals surface area contributed by atoms with Gasteiger partial charge in [-0.2, -0.15) is 0 Å². The third-order valence-electron chi connectivity index (χ3n) is 3.95. The normalized spacial score (nSPS) is 10.3. The Kier molecular flexibility index (Phi) is 6.71. The average Bonchev–Trinajstić information content (AvgIpc) is 2.78. The molecule has 0 bridgehead atoms. The molecule has 0 unspecified atom stereocenters. The molecular weight excluding hydrogens is 408 g/mol. The fraction of sp³-hybridized carbons (Fsp3) is 0.100.